The quantitative estimate of drug-likeness (QED) is 0.271. The van der Waals surface area contributed by atoms with E-state index in [0.29, 0.717) is 11.7 Å². The van der Waals surface area contributed by atoms with Gasteiger partial charge in [0, 0.05) is 89.6 Å². The van der Waals surface area contributed by atoms with Gasteiger partial charge in [0.1, 0.15) is 11.7 Å². The van der Waals surface area contributed by atoms with E-state index in [9.17, 15) is 0 Å². The van der Waals surface area contributed by atoms with Crippen LogP contribution in [0.15, 0.2) is 57.5 Å². The number of nitrogens with zero attached hydrogens (tertiary/aromatic N) is 2. The fourth-order valence-electron chi connectivity index (χ4n) is 3.22. The van der Waals surface area contributed by atoms with Gasteiger partial charge in [0.15, 0.2) is 0 Å². The smallest absolute Gasteiger partial charge is 0.104 e. The van der Waals surface area contributed by atoms with Crippen molar-refractivity contribution >= 4 is 35.2 Å². The SMILES string of the molecule is [CH2-]C(C)(C)C.[CH2-]C(C)(C)C.[CH2-]c1ccc2c(c1)C=C(C)CC(N)=N2.[CH2-]c1ccc2c(c1)N=C(N)CC(C)=C2.[Y].[Y]. The van der Waals surface area contributed by atoms with Gasteiger partial charge in [-0.1, -0.05) is 76.5 Å². The van der Waals surface area contributed by atoms with Crippen LogP contribution in [0.5, 0.6) is 0 Å². The second kappa shape index (κ2) is 18.4. The molecule has 2 radical (unpaired) electrons. The summed E-state index contributed by atoms with van der Waals surface area (Å²) in [4.78, 5) is 8.70. The van der Waals surface area contributed by atoms with E-state index >= 15 is 0 Å². The molecule has 2 aliphatic heterocycles. The molecule has 0 bridgehead atoms. The van der Waals surface area contributed by atoms with Gasteiger partial charge in [0.25, 0.3) is 0 Å². The number of hydrogen-bond donors (Lipinski definition) is 2. The first-order valence-corrected chi connectivity index (χ1v) is 12.9. The molecule has 2 heterocycles. The maximum Gasteiger partial charge on any atom is 0.104 e. The zero-order chi connectivity index (χ0) is 29.3. The van der Waals surface area contributed by atoms with E-state index in [1.807, 2.05) is 36.4 Å². The van der Waals surface area contributed by atoms with Crippen molar-refractivity contribution in [2.75, 3.05) is 0 Å². The van der Waals surface area contributed by atoms with E-state index < -0.39 is 0 Å². The van der Waals surface area contributed by atoms with Crippen LogP contribution in [0.1, 0.15) is 90.5 Å². The van der Waals surface area contributed by atoms with E-state index in [1.165, 1.54) is 11.1 Å². The Hall–Kier alpha value is -1.19. The first-order chi connectivity index (χ1) is 17.3. The van der Waals surface area contributed by atoms with Crippen molar-refractivity contribution in [2.24, 2.45) is 32.3 Å². The van der Waals surface area contributed by atoms with Crippen LogP contribution < -0.4 is 11.5 Å². The second-order valence-electron chi connectivity index (χ2n) is 12.4. The summed E-state index contributed by atoms with van der Waals surface area (Å²) in [6.45, 7) is 31.9. The van der Waals surface area contributed by atoms with E-state index in [4.69, 9.17) is 11.5 Å². The molecule has 0 saturated heterocycles. The predicted octanol–water partition coefficient (Wildman–Crippen LogP) is 9.06. The summed E-state index contributed by atoms with van der Waals surface area (Å²) >= 11 is 0. The zero-order valence-electron chi connectivity index (χ0n) is 26.1. The number of nitrogens with two attached hydrogens (primary N) is 2. The van der Waals surface area contributed by atoms with Crippen LogP contribution in [0.25, 0.3) is 12.2 Å². The molecule has 214 valence electrons. The molecular formula is C34H48N4Y2-4. The minimum Gasteiger partial charge on any atom is -0.387 e. The molecule has 2 aromatic rings. The average Bonchev–Trinajstić information content (AvgIpc) is 2.93. The van der Waals surface area contributed by atoms with E-state index in [0.717, 1.165) is 46.5 Å². The van der Waals surface area contributed by atoms with Gasteiger partial charge in [-0.15, -0.1) is 12.1 Å². The molecule has 0 amide bonds. The molecule has 0 aromatic heterocycles. The summed E-state index contributed by atoms with van der Waals surface area (Å²) in [6, 6.07) is 11.9. The second-order valence-corrected chi connectivity index (χ2v) is 12.4. The number of rotatable bonds is 0. The molecule has 0 aliphatic carbocycles. The fraction of sp³-hybridized carbons (Fsp3) is 0.353. The molecule has 0 spiro atoms. The van der Waals surface area contributed by atoms with Gasteiger partial charge >= 0.3 is 0 Å². The molecule has 6 heteroatoms. The minimum atomic E-state index is 0. The Bertz CT molecular complexity index is 1100. The maximum absolute atomic E-state index is 5.78. The van der Waals surface area contributed by atoms with Crippen molar-refractivity contribution in [1.82, 2.24) is 0 Å². The number of hydrogen-bond acceptors (Lipinski definition) is 4. The van der Waals surface area contributed by atoms with Crippen molar-refractivity contribution in [3.63, 3.8) is 0 Å². The topological polar surface area (TPSA) is 76.8 Å². The number of aliphatic imine (C=N–C) groups is 2. The third-order valence-electron chi connectivity index (χ3n) is 4.44. The molecule has 4 rings (SSSR count). The monoisotopic (exact) mass is 690 g/mol. The van der Waals surface area contributed by atoms with Crippen LogP contribution >= 0.6 is 0 Å². The molecule has 2 aliphatic rings. The Morgan fingerprint density at radius 2 is 1.00 bits per heavy atom. The summed E-state index contributed by atoms with van der Waals surface area (Å²) in [5.41, 5.74) is 20.6. The Balaban J connectivity index is 0. The molecule has 2 aromatic carbocycles. The zero-order valence-corrected chi connectivity index (χ0v) is 31.7. The van der Waals surface area contributed by atoms with Crippen LogP contribution in [0, 0.1) is 38.5 Å². The third-order valence-corrected chi connectivity index (χ3v) is 4.44. The maximum atomic E-state index is 5.78. The van der Waals surface area contributed by atoms with Crippen molar-refractivity contribution in [2.45, 2.75) is 68.2 Å². The minimum absolute atomic E-state index is 0. The first-order valence-electron chi connectivity index (χ1n) is 12.9. The van der Waals surface area contributed by atoms with Gasteiger partial charge in [-0.3, -0.25) is 0 Å². The van der Waals surface area contributed by atoms with Gasteiger partial charge in [-0.25, -0.2) is 9.98 Å². The summed E-state index contributed by atoms with van der Waals surface area (Å²) in [6.07, 6.45) is 5.74. The van der Waals surface area contributed by atoms with Crippen LogP contribution in [0.4, 0.5) is 11.4 Å². The standard InChI is InChI=1S/2C12H13N2.2C5H11.2Y/c1-8-3-4-10-5-9(2)7-12(13)14-11(10)6-8;1-8-3-4-11-10(5-8)6-9(2)7-12(13)14-11;2*1-5(2,3)4;;/h2*3-6H,1,7H2,2H3,(H2,13,14);2*1H2,2-4H3;;/q4*-1;;. The molecule has 0 atom stereocenters. The van der Waals surface area contributed by atoms with Gasteiger partial charge in [0.2, 0.25) is 0 Å². The largest absolute Gasteiger partial charge is 0.387 e. The summed E-state index contributed by atoms with van der Waals surface area (Å²) < 4.78 is 0. The van der Waals surface area contributed by atoms with Crippen LogP contribution in [0.2, 0.25) is 0 Å². The van der Waals surface area contributed by atoms with Crippen molar-refractivity contribution < 1.29 is 65.4 Å². The Labute approximate surface area is 295 Å². The number of amidine groups is 2. The summed E-state index contributed by atoms with van der Waals surface area (Å²) in [7, 11) is 0. The summed E-state index contributed by atoms with van der Waals surface area (Å²) in [5.74, 6) is 1.34. The van der Waals surface area contributed by atoms with Crippen molar-refractivity contribution in [3.8, 4) is 0 Å². The molecule has 0 unspecified atom stereocenters. The van der Waals surface area contributed by atoms with Gasteiger partial charge in [0.05, 0.1) is 0 Å². The third kappa shape index (κ3) is 19.8. The summed E-state index contributed by atoms with van der Waals surface area (Å²) in [5, 5.41) is 0. The van der Waals surface area contributed by atoms with E-state index in [1.54, 1.807) is 0 Å². The average molecular weight is 691 g/mol. The fourth-order valence-corrected chi connectivity index (χ4v) is 3.22. The first kappa shape index (κ1) is 40.9. The Kier molecular flexibility index (Phi) is 18.8. The molecule has 0 saturated carbocycles. The van der Waals surface area contributed by atoms with E-state index in [-0.39, 0.29) is 76.2 Å². The number of fused-ring (bicyclic) bond motifs is 2. The van der Waals surface area contributed by atoms with Crippen LogP contribution in [0.3, 0.4) is 0 Å². The Morgan fingerprint density at radius 1 is 0.625 bits per heavy atom. The molecular weight excluding hydrogens is 642 g/mol. The molecule has 0 fully saturated rings. The van der Waals surface area contributed by atoms with Gasteiger partial charge in [-0.05, 0) is 19.4 Å². The van der Waals surface area contributed by atoms with Gasteiger partial charge < -0.3 is 25.3 Å². The van der Waals surface area contributed by atoms with E-state index in [2.05, 4.69) is 105 Å². The molecule has 40 heavy (non-hydrogen) atoms. The Morgan fingerprint density at radius 3 is 1.48 bits per heavy atom. The van der Waals surface area contributed by atoms with Crippen molar-refractivity contribution in [1.29, 1.82) is 0 Å². The molecule has 4 N–H and O–H groups in total. The number of benzene rings is 2. The normalized spacial score (nSPS) is 13.7. The van der Waals surface area contributed by atoms with Crippen molar-refractivity contribution in [3.05, 3.63) is 97.5 Å². The van der Waals surface area contributed by atoms with Crippen LogP contribution in [-0.4, -0.2) is 11.7 Å². The predicted molar refractivity (Wildman–Crippen MR) is 171 cm³/mol. The molecule has 4 nitrogen and oxygen atoms in total. The van der Waals surface area contributed by atoms with Crippen LogP contribution in [-0.2, 0) is 65.4 Å². The van der Waals surface area contributed by atoms with Gasteiger partial charge in [-0.2, -0.15) is 54.0 Å².